The maximum atomic E-state index is 12.4. The van der Waals surface area contributed by atoms with Crippen molar-refractivity contribution in [1.82, 2.24) is 0 Å². The zero-order valence-electron chi connectivity index (χ0n) is 13.7. The van der Waals surface area contributed by atoms with E-state index < -0.39 is 5.41 Å². The molecule has 2 aromatic carbocycles. The van der Waals surface area contributed by atoms with Crippen LogP contribution in [0.2, 0.25) is 0 Å². The minimum Gasteiger partial charge on any atom is -0.486 e. The molecule has 0 radical (unpaired) electrons. The van der Waals surface area contributed by atoms with Gasteiger partial charge in [0.1, 0.15) is 13.2 Å². The zero-order valence-corrected chi connectivity index (χ0v) is 13.7. The van der Waals surface area contributed by atoms with Crippen LogP contribution in [0.5, 0.6) is 11.5 Å². The van der Waals surface area contributed by atoms with Crippen molar-refractivity contribution in [3.8, 4) is 22.6 Å². The highest BCUT2D eigenvalue weighted by Gasteiger charge is 2.25. The van der Waals surface area contributed by atoms with E-state index in [1.807, 2.05) is 63.2 Å². The van der Waals surface area contributed by atoms with E-state index in [2.05, 4.69) is 5.32 Å². The molecule has 0 fully saturated rings. The van der Waals surface area contributed by atoms with Crippen LogP contribution in [0.25, 0.3) is 11.1 Å². The number of hydrogen-bond acceptors (Lipinski definition) is 3. The molecule has 23 heavy (non-hydrogen) atoms. The summed E-state index contributed by atoms with van der Waals surface area (Å²) in [7, 11) is 0. The summed E-state index contributed by atoms with van der Waals surface area (Å²) >= 11 is 0. The SMILES string of the molecule is CC(C)(C)C(=O)Nc1ccc2c(c1-c1ccccc1)OCCO2. The van der Waals surface area contributed by atoms with Crippen molar-refractivity contribution < 1.29 is 14.3 Å². The fraction of sp³-hybridized carbons (Fsp3) is 0.316. The van der Waals surface area contributed by atoms with Crippen LogP contribution in [0.3, 0.4) is 0 Å². The minimum absolute atomic E-state index is 0.0358. The molecule has 2 aromatic rings. The molecule has 0 saturated heterocycles. The highest BCUT2D eigenvalue weighted by molar-refractivity contribution is 6.00. The summed E-state index contributed by atoms with van der Waals surface area (Å²) in [6.45, 7) is 6.71. The topological polar surface area (TPSA) is 47.6 Å². The summed E-state index contributed by atoms with van der Waals surface area (Å²) in [5.74, 6) is 1.37. The molecule has 0 saturated carbocycles. The molecule has 1 N–H and O–H groups in total. The van der Waals surface area contributed by atoms with Gasteiger partial charge in [-0.15, -0.1) is 0 Å². The van der Waals surface area contributed by atoms with Gasteiger partial charge < -0.3 is 14.8 Å². The second-order valence-corrected chi connectivity index (χ2v) is 6.58. The lowest BCUT2D eigenvalue weighted by atomic mass is 9.94. The predicted octanol–water partition coefficient (Wildman–Crippen LogP) is 4.11. The summed E-state index contributed by atoms with van der Waals surface area (Å²) in [5, 5.41) is 3.02. The third kappa shape index (κ3) is 3.16. The number of ether oxygens (including phenoxy) is 2. The van der Waals surface area contributed by atoms with Crippen molar-refractivity contribution in [2.24, 2.45) is 5.41 Å². The van der Waals surface area contributed by atoms with Crippen molar-refractivity contribution >= 4 is 11.6 Å². The molecule has 1 aliphatic heterocycles. The van der Waals surface area contributed by atoms with Gasteiger partial charge >= 0.3 is 0 Å². The maximum absolute atomic E-state index is 12.4. The van der Waals surface area contributed by atoms with Gasteiger partial charge in [-0.1, -0.05) is 51.1 Å². The molecule has 0 unspecified atom stereocenters. The number of hydrogen-bond donors (Lipinski definition) is 1. The van der Waals surface area contributed by atoms with Gasteiger partial charge in [0.25, 0.3) is 0 Å². The van der Waals surface area contributed by atoms with Gasteiger partial charge in [-0.25, -0.2) is 0 Å². The molecule has 0 spiro atoms. The Morgan fingerprint density at radius 3 is 2.39 bits per heavy atom. The van der Waals surface area contributed by atoms with Crippen molar-refractivity contribution in [1.29, 1.82) is 0 Å². The Morgan fingerprint density at radius 2 is 1.70 bits per heavy atom. The first-order valence-electron chi connectivity index (χ1n) is 7.76. The lowest BCUT2D eigenvalue weighted by Gasteiger charge is -2.25. The van der Waals surface area contributed by atoms with Crippen molar-refractivity contribution in [3.05, 3.63) is 42.5 Å². The monoisotopic (exact) mass is 311 g/mol. The molecule has 120 valence electrons. The zero-order chi connectivity index (χ0) is 16.4. The van der Waals surface area contributed by atoms with E-state index in [-0.39, 0.29) is 5.91 Å². The van der Waals surface area contributed by atoms with Crippen LogP contribution in [-0.4, -0.2) is 19.1 Å². The Kier molecular flexibility index (Phi) is 3.99. The number of nitrogens with one attached hydrogen (secondary N) is 1. The molecule has 1 amide bonds. The van der Waals surface area contributed by atoms with E-state index in [9.17, 15) is 4.79 Å². The molecule has 0 bridgehead atoms. The standard InChI is InChI=1S/C19H21NO3/c1-19(2,3)18(21)20-14-9-10-15-17(23-12-11-22-15)16(14)13-7-5-4-6-8-13/h4-10H,11-12H2,1-3H3,(H,20,21). The van der Waals surface area contributed by atoms with E-state index in [0.717, 1.165) is 16.8 Å². The van der Waals surface area contributed by atoms with E-state index in [1.54, 1.807) is 0 Å². The van der Waals surface area contributed by atoms with Crippen LogP contribution in [0.1, 0.15) is 20.8 Å². The molecule has 1 heterocycles. The number of rotatable bonds is 2. The fourth-order valence-electron chi connectivity index (χ4n) is 2.42. The smallest absolute Gasteiger partial charge is 0.229 e. The van der Waals surface area contributed by atoms with Crippen LogP contribution >= 0.6 is 0 Å². The van der Waals surface area contributed by atoms with Crippen LogP contribution in [0.15, 0.2) is 42.5 Å². The molecule has 0 aromatic heterocycles. The summed E-state index contributed by atoms with van der Waals surface area (Å²) in [4.78, 5) is 12.4. The lowest BCUT2D eigenvalue weighted by Crippen LogP contribution is -2.28. The van der Waals surface area contributed by atoms with E-state index >= 15 is 0 Å². The molecular weight excluding hydrogens is 290 g/mol. The number of fused-ring (bicyclic) bond motifs is 1. The average molecular weight is 311 g/mol. The molecule has 3 rings (SSSR count). The maximum Gasteiger partial charge on any atom is 0.229 e. The molecule has 0 atom stereocenters. The Hall–Kier alpha value is -2.49. The van der Waals surface area contributed by atoms with Crippen molar-refractivity contribution in [2.75, 3.05) is 18.5 Å². The first-order valence-corrected chi connectivity index (χ1v) is 7.76. The van der Waals surface area contributed by atoms with Gasteiger partial charge in [-0.05, 0) is 17.7 Å². The van der Waals surface area contributed by atoms with Gasteiger partial charge in [0.15, 0.2) is 11.5 Å². The number of anilines is 1. The van der Waals surface area contributed by atoms with Crippen LogP contribution in [0.4, 0.5) is 5.69 Å². The normalized spacial score (nSPS) is 13.5. The van der Waals surface area contributed by atoms with Crippen molar-refractivity contribution in [3.63, 3.8) is 0 Å². The minimum atomic E-state index is -0.471. The summed E-state index contributed by atoms with van der Waals surface area (Å²) in [6, 6.07) is 13.6. The largest absolute Gasteiger partial charge is 0.486 e. The first-order chi connectivity index (χ1) is 11.0. The Labute approximate surface area is 136 Å². The molecule has 0 aliphatic carbocycles. The lowest BCUT2D eigenvalue weighted by molar-refractivity contribution is -0.123. The molecule has 4 heteroatoms. The number of carbonyl (C=O) groups is 1. The highest BCUT2D eigenvalue weighted by Crippen LogP contribution is 2.45. The summed E-state index contributed by atoms with van der Waals surface area (Å²) < 4.78 is 11.5. The van der Waals surface area contributed by atoms with E-state index in [1.165, 1.54) is 0 Å². The van der Waals surface area contributed by atoms with E-state index in [0.29, 0.717) is 24.7 Å². The number of carbonyl (C=O) groups excluding carboxylic acids is 1. The van der Waals surface area contributed by atoms with Crippen LogP contribution in [0, 0.1) is 5.41 Å². The second kappa shape index (κ2) is 5.95. The summed E-state index contributed by atoms with van der Waals surface area (Å²) in [5.41, 5.74) is 2.11. The third-order valence-corrected chi connectivity index (χ3v) is 3.70. The molecule has 4 nitrogen and oxygen atoms in total. The number of amides is 1. The van der Waals surface area contributed by atoms with Gasteiger partial charge in [-0.2, -0.15) is 0 Å². The van der Waals surface area contributed by atoms with Crippen LogP contribution in [-0.2, 0) is 4.79 Å². The Balaban J connectivity index is 2.11. The van der Waals surface area contributed by atoms with Crippen molar-refractivity contribution in [2.45, 2.75) is 20.8 Å². The van der Waals surface area contributed by atoms with Gasteiger partial charge in [0.2, 0.25) is 5.91 Å². The Morgan fingerprint density at radius 1 is 1.00 bits per heavy atom. The first kappa shape index (κ1) is 15.4. The number of benzene rings is 2. The highest BCUT2D eigenvalue weighted by atomic mass is 16.6. The Bertz CT molecular complexity index is 717. The predicted molar refractivity (Wildman–Crippen MR) is 91.0 cm³/mol. The van der Waals surface area contributed by atoms with Gasteiger partial charge in [0.05, 0.1) is 11.3 Å². The summed E-state index contributed by atoms with van der Waals surface area (Å²) in [6.07, 6.45) is 0. The molecule has 1 aliphatic rings. The average Bonchev–Trinajstić information content (AvgIpc) is 2.54. The van der Waals surface area contributed by atoms with Gasteiger partial charge in [-0.3, -0.25) is 4.79 Å². The quantitative estimate of drug-likeness (QED) is 0.908. The second-order valence-electron chi connectivity index (χ2n) is 6.58. The third-order valence-electron chi connectivity index (χ3n) is 3.70. The fourth-order valence-corrected chi connectivity index (χ4v) is 2.42. The van der Waals surface area contributed by atoms with Crippen LogP contribution < -0.4 is 14.8 Å². The van der Waals surface area contributed by atoms with E-state index in [4.69, 9.17) is 9.47 Å². The van der Waals surface area contributed by atoms with Gasteiger partial charge in [0, 0.05) is 5.41 Å². The molecular formula is C19H21NO3.